The van der Waals surface area contributed by atoms with E-state index in [1.165, 1.54) is 19.3 Å². The third-order valence-corrected chi connectivity index (χ3v) is 10.5. The van der Waals surface area contributed by atoms with Crippen molar-refractivity contribution >= 4 is 5.97 Å². The van der Waals surface area contributed by atoms with Crippen LogP contribution >= 0.6 is 0 Å². The average Bonchev–Trinajstić information content (AvgIpc) is 3.46. The molecular weight excluding hydrogens is 336 g/mol. The molecule has 0 spiro atoms. The van der Waals surface area contributed by atoms with Gasteiger partial charge in [-0.2, -0.15) is 0 Å². The first-order chi connectivity index (χ1) is 13.1. The highest BCUT2D eigenvalue weighted by Crippen LogP contribution is 2.78. The van der Waals surface area contributed by atoms with E-state index in [0.29, 0.717) is 5.92 Å². The Kier molecular flexibility index (Phi) is 3.09. The van der Waals surface area contributed by atoms with Crippen molar-refractivity contribution in [1.82, 2.24) is 0 Å². The minimum absolute atomic E-state index is 0.0625. The van der Waals surface area contributed by atoms with Gasteiger partial charge in [-0.1, -0.05) is 12.2 Å². The molecule has 0 aromatic rings. The summed E-state index contributed by atoms with van der Waals surface area (Å²) >= 11 is 0. The Hall–Kier alpha value is -0.830. The molecule has 3 nitrogen and oxygen atoms in total. The summed E-state index contributed by atoms with van der Waals surface area (Å²) in [7, 11) is 0. The Morgan fingerprint density at radius 2 is 1.78 bits per heavy atom. The van der Waals surface area contributed by atoms with Crippen molar-refractivity contribution in [2.45, 2.75) is 58.2 Å². The smallest absolute Gasteiger partial charge is 0.314 e. The average molecular weight is 369 g/mol. The summed E-state index contributed by atoms with van der Waals surface area (Å²) in [6.45, 7) is 2.98. The fraction of sp³-hybridized carbons (Fsp3) is 0.875. The van der Waals surface area contributed by atoms with E-state index >= 15 is 0 Å². The predicted molar refractivity (Wildman–Crippen MR) is 100 cm³/mol. The zero-order chi connectivity index (χ0) is 17.9. The summed E-state index contributed by atoms with van der Waals surface area (Å²) in [5, 5.41) is 0. The summed E-state index contributed by atoms with van der Waals surface area (Å²) in [4.78, 5) is 13.3. The lowest BCUT2D eigenvalue weighted by molar-refractivity contribution is -0.202. The van der Waals surface area contributed by atoms with Gasteiger partial charge >= 0.3 is 5.97 Å². The molecule has 12 atom stereocenters. The molecule has 0 aromatic carbocycles. The Bertz CT molecular complexity index is 708. The van der Waals surface area contributed by atoms with E-state index in [2.05, 4.69) is 19.1 Å². The number of hydrogen-bond donors (Lipinski definition) is 0. The van der Waals surface area contributed by atoms with Crippen LogP contribution in [0.2, 0.25) is 0 Å². The minimum atomic E-state index is -0.280. The van der Waals surface area contributed by atoms with Crippen molar-refractivity contribution in [2.75, 3.05) is 6.61 Å². The first-order valence-electron chi connectivity index (χ1n) is 11.7. The summed E-state index contributed by atoms with van der Waals surface area (Å²) in [5.41, 5.74) is -0.250. The molecule has 0 N–H and O–H groups in total. The number of rotatable bonds is 2. The van der Waals surface area contributed by atoms with E-state index in [-0.39, 0.29) is 17.7 Å². The van der Waals surface area contributed by atoms with Crippen molar-refractivity contribution in [3.8, 4) is 0 Å². The lowest BCUT2D eigenvalue weighted by Gasteiger charge is -2.48. The summed E-state index contributed by atoms with van der Waals surface area (Å²) in [6.07, 6.45) is 13.2. The number of allylic oxidation sites excluding steroid dienone is 2. The van der Waals surface area contributed by atoms with Crippen LogP contribution in [0.15, 0.2) is 12.2 Å². The molecule has 27 heavy (non-hydrogen) atoms. The topological polar surface area (TPSA) is 35.5 Å². The van der Waals surface area contributed by atoms with Gasteiger partial charge in [0.2, 0.25) is 6.29 Å². The third-order valence-electron chi connectivity index (χ3n) is 10.5. The van der Waals surface area contributed by atoms with Crippen LogP contribution in [-0.4, -0.2) is 18.9 Å². The molecule has 146 valence electrons. The molecule has 7 rings (SSSR count). The van der Waals surface area contributed by atoms with Gasteiger partial charge in [0.1, 0.15) is 0 Å². The van der Waals surface area contributed by atoms with Crippen LogP contribution in [0.4, 0.5) is 0 Å². The standard InChI is InChI=1S/C24H32O3/c1-24(23(25)27-18-4-2-3-7-26-18)11-14-9-17(24)22-16-10-15(21(14)22)19-12-5-6-13(8-12)20(16)19/h5-6,12-22H,2-4,7-11H2,1H3. The summed E-state index contributed by atoms with van der Waals surface area (Å²) in [6, 6.07) is 0. The molecule has 0 amide bonds. The highest BCUT2D eigenvalue weighted by Gasteiger charge is 2.73. The van der Waals surface area contributed by atoms with Crippen LogP contribution in [0.3, 0.4) is 0 Å². The Balaban J connectivity index is 1.15. The van der Waals surface area contributed by atoms with Gasteiger partial charge in [-0.15, -0.1) is 0 Å². The Morgan fingerprint density at radius 3 is 2.52 bits per heavy atom. The van der Waals surface area contributed by atoms with Gasteiger partial charge in [0.25, 0.3) is 0 Å². The maximum atomic E-state index is 13.3. The van der Waals surface area contributed by atoms with Crippen molar-refractivity contribution in [3.05, 3.63) is 12.2 Å². The minimum Gasteiger partial charge on any atom is -0.435 e. The molecule has 3 heteroatoms. The highest BCUT2D eigenvalue weighted by molar-refractivity contribution is 5.78. The second kappa shape index (κ2) is 5.20. The first-order valence-corrected chi connectivity index (χ1v) is 11.7. The van der Waals surface area contributed by atoms with Crippen LogP contribution in [0.5, 0.6) is 0 Å². The fourth-order valence-electron chi connectivity index (χ4n) is 9.90. The summed E-state index contributed by atoms with van der Waals surface area (Å²) < 4.78 is 11.6. The maximum Gasteiger partial charge on any atom is 0.314 e. The Labute approximate surface area is 162 Å². The van der Waals surface area contributed by atoms with E-state index < -0.39 is 0 Å². The van der Waals surface area contributed by atoms with Gasteiger partial charge in [-0.25, -0.2) is 0 Å². The molecule has 1 aliphatic heterocycles. The quantitative estimate of drug-likeness (QED) is 0.411. The van der Waals surface area contributed by atoms with E-state index in [9.17, 15) is 4.79 Å². The highest BCUT2D eigenvalue weighted by atomic mass is 16.7. The van der Waals surface area contributed by atoms with E-state index in [0.717, 1.165) is 85.6 Å². The first kappa shape index (κ1) is 16.0. The molecule has 0 aromatic heterocycles. The van der Waals surface area contributed by atoms with Crippen LogP contribution in [0, 0.1) is 64.6 Å². The molecule has 5 saturated carbocycles. The molecule has 7 aliphatic rings. The number of esters is 1. The van der Waals surface area contributed by atoms with Crippen LogP contribution in [0.1, 0.15) is 51.9 Å². The van der Waals surface area contributed by atoms with Gasteiger partial charge in [0.15, 0.2) is 0 Å². The maximum absolute atomic E-state index is 13.3. The van der Waals surface area contributed by atoms with Gasteiger partial charge in [0.05, 0.1) is 12.0 Å². The third kappa shape index (κ3) is 1.86. The summed E-state index contributed by atoms with van der Waals surface area (Å²) in [5.74, 6) is 8.75. The number of fused-ring (bicyclic) bond motifs is 16. The zero-order valence-electron chi connectivity index (χ0n) is 16.4. The number of carbonyl (C=O) groups excluding carboxylic acids is 1. The monoisotopic (exact) mass is 368 g/mol. The van der Waals surface area contributed by atoms with Crippen molar-refractivity contribution in [1.29, 1.82) is 0 Å². The van der Waals surface area contributed by atoms with Crippen LogP contribution in [0.25, 0.3) is 0 Å². The lowest BCUT2D eigenvalue weighted by Crippen LogP contribution is -2.48. The molecule has 0 radical (unpaired) electrons. The molecule has 6 aliphatic carbocycles. The van der Waals surface area contributed by atoms with E-state index in [1.807, 2.05) is 0 Å². The van der Waals surface area contributed by atoms with Crippen molar-refractivity contribution in [2.24, 2.45) is 64.6 Å². The molecule has 6 fully saturated rings. The zero-order valence-corrected chi connectivity index (χ0v) is 16.4. The van der Waals surface area contributed by atoms with Crippen molar-refractivity contribution in [3.63, 3.8) is 0 Å². The number of hydrogen-bond acceptors (Lipinski definition) is 3. The predicted octanol–water partition coefficient (Wildman–Crippen LogP) is 4.42. The van der Waals surface area contributed by atoms with Crippen LogP contribution < -0.4 is 0 Å². The van der Waals surface area contributed by atoms with Crippen LogP contribution in [-0.2, 0) is 14.3 Å². The fourth-order valence-corrected chi connectivity index (χ4v) is 9.90. The largest absolute Gasteiger partial charge is 0.435 e. The Morgan fingerprint density at radius 1 is 1.00 bits per heavy atom. The lowest BCUT2D eigenvalue weighted by atomic mass is 9.56. The molecule has 12 unspecified atom stereocenters. The number of carbonyl (C=O) groups is 1. The van der Waals surface area contributed by atoms with Gasteiger partial charge in [-0.3, -0.25) is 4.79 Å². The van der Waals surface area contributed by atoms with Crippen molar-refractivity contribution < 1.29 is 14.3 Å². The SMILES string of the molecule is CC1(C(=O)OC2CCCCO2)CC2CC1C1C3CC(C4C5C=CC(C5)C34)C21. The molecule has 1 saturated heterocycles. The second-order valence-electron chi connectivity index (χ2n) is 11.2. The van der Waals surface area contributed by atoms with E-state index in [1.54, 1.807) is 0 Å². The van der Waals surface area contributed by atoms with Gasteiger partial charge in [0, 0.05) is 6.42 Å². The second-order valence-corrected chi connectivity index (χ2v) is 11.2. The normalized spacial score (nSPS) is 61.4. The number of ether oxygens (including phenoxy) is 2. The van der Waals surface area contributed by atoms with E-state index in [4.69, 9.17) is 9.47 Å². The van der Waals surface area contributed by atoms with Gasteiger partial charge < -0.3 is 9.47 Å². The van der Waals surface area contributed by atoms with Gasteiger partial charge in [-0.05, 0) is 105 Å². The molecule has 6 bridgehead atoms. The molecule has 1 heterocycles. The molecular formula is C24H32O3.